The van der Waals surface area contributed by atoms with Crippen LogP contribution in [0.25, 0.3) is 0 Å². The van der Waals surface area contributed by atoms with Crippen molar-refractivity contribution in [1.82, 2.24) is 15.8 Å². The van der Waals surface area contributed by atoms with Crippen molar-refractivity contribution in [2.45, 2.75) is 20.0 Å². The second kappa shape index (κ2) is 10.2. The molecule has 1 aromatic rings. The predicted molar refractivity (Wildman–Crippen MR) is 83.8 cm³/mol. The summed E-state index contributed by atoms with van der Waals surface area (Å²) in [5, 5.41) is 3.45. The van der Waals surface area contributed by atoms with E-state index in [-0.39, 0.29) is 19.7 Å². The van der Waals surface area contributed by atoms with Crippen LogP contribution >= 0.6 is 0 Å². The Morgan fingerprint density at radius 3 is 2.52 bits per heavy atom. The minimum absolute atomic E-state index is 0.0549. The summed E-state index contributed by atoms with van der Waals surface area (Å²) in [7, 11) is 0. The lowest BCUT2D eigenvalue weighted by Crippen LogP contribution is -2.52. The van der Waals surface area contributed by atoms with Crippen LogP contribution in [0.4, 0.5) is 4.79 Å². The molecule has 0 unspecified atom stereocenters. The van der Waals surface area contributed by atoms with E-state index in [0.29, 0.717) is 6.54 Å². The van der Waals surface area contributed by atoms with Crippen molar-refractivity contribution in [3.8, 4) is 0 Å². The van der Waals surface area contributed by atoms with E-state index in [4.69, 9.17) is 10.5 Å². The van der Waals surface area contributed by atoms with Crippen LogP contribution in [-0.2, 0) is 20.9 Å². The third-order valence-corrected chi connectivity index (χ3v) is 2.79. The highest BCUT2D eigenvalue weighted by atomic mass is 16.6. The van der Waals surface area contributed by atoms with Crippen LogP contribution in [0.3, 0.4) is 0 Å². The molecular formula is C15H22N4O4. The van der Waals surface area contributed by atoms with E-state index in [1.807, 2.05) is 25.1 Å². The zero-order valence-corrected chi connectivity index (χ0v) is 13.1. The van der Waals surface area contributed by atoms with E-state index >= 15 is 0 Å². The zero-order chi connectivity index (χ0) is 17.1. The molecule has 0 spiro atoms. The first-order valence-corrected chi connectivity index (χ1v) is 7.31. The van der Waals surface area contributed by atoms with E-state index < -0.39 is 17.9 Å². The molecule has 1 rings (SSSR count). The number of hydrogen-bond donors (Lipinski definition) is 3. The lowest BCUT2D eigenvalue weighted by molar-refractivity contribution is -0.137. The molecule has 0 aliphatic rings. The molecule has 0 radical (unpaired) electrons. The molecule has 8 heteroatoms. The molecule has 0 fully saturated rings. The van der Waals surface area contributed by atoms with Crippen LogP contribution in [-0.4, -0.2) is 42.6 Å². The van der Waals surface area contributed by atoms with Crippen LogP contribution in [0.1, 0.15) is 18.9 Å². The van der Waals surface area contributed by atoms with Crippen molar-refractivity contribution < 1.29 is 19.1 Å². The summed E-state index contributed by atoms with van der Waals surface area (Å²) in [6.07, 6.45) is -0.0673. The van der Waals surface area contributed by atoms with Gasteiger partial charge in [0.1, 0.15) is 13.2 Å². The van der Waals surface area contributed by atoms with Crippen LogP contribution in [0.5, 0.6) is 0 Å². The number of carbonyl (C=O) groups excluding carboxylic acids is 3. The van der Waals surface area contributed by atoms with Gasteiger partial charge in [0.2, 0.25) is 5.91 Å². The average Bonchev–Trinajstić information content (AvgIpc) is 2.57. The highest BCUT2D eigenvalue weighted by molar-refractivity contribution is 5.86. The van der Waals surface area contributed by atoms with Gasteiger partial charge in [0.05, 0.1) is 6.54 Å². The number of ether oxygens (including phenoxy) is 1. The largest absolute Gasteiger partial charge is 0.443 e. The number of amides is 3. The molecule has 0 bridgehead atoms. The van der Waals surface area contributed by atoms with Crippen LogP contribution < -0.4 is 16.5 Å². The number of nitrogens with one attached hydrogen (secondary N) is 2. The Morgan fingerprint density at radius 1 is 1.22 bits per heavy atom. The molecule has 1 aromatic carbocycles. The summed E-state index contributed by atoms with van der Waals surface area (Å²) in [5.41, 5.74) is 8.31. The Labute approximate surface area is 134 Å². The standard InChI is InChI=1S/C15H22N4O4/c1-2-8-17-13(20)10-19(14(21)9-16)18-15(22)23-11-12-6-4-3-5-7-12/h3-7H,2,8-11,16H2,1H3,(H,17,20)(H,18,22). The number of nitrogens with zero attached hydrogens (tertiary/aromatic N) is 1. The molecule has 3 amide bonds. The molecular weight excluding hydrogens is 300 g/mol. The maximum Gasteiger partial charge on any atom is 0.426 e. The lowest BCUT2D eigenvalue weighted by Gasteiger charge is -2.21. The van der Waals surface area contributed by atoms with E-state index in [1.165, 1.54) is 0 Å². The maximum atomic E-state index is 11.7. The van der Waals surface area contributed by atoms with Gasteiger partial charge in [-0.3, -0.25) is 9.59 Å². The second-order valence-corrected chi connectivity index (χ2v) is 4.71. The molecule has 0 saturated carbocycles. The van der Waals surface area contributed by atoms with E-state index in [2.05, 4.69) is 10.7 Å². The van der Waals surface area contributed by atoms with Crippen molar-refractivity contribution in [1.29, 1.82) is 0 Å². The van der Waals surface area contributed by atoms with Crippen LogP contribution in [0.2, 0.25) is 0 Å². The molecule has 0 aliphatic carbocycles. The fraction of sp³-hybridized carbons (Fsp3) is 0.400. The van der Waals surface area contributed by atoms with Gasteiger partial charge in [0.25, 0.3) is 5.91 Å². The third kappa shape index (κ3) is 7.28. The zero-order valence-electron chi connectivity index (χ0n) is 13.1. The molecule has 0 atom stereocenters. The number of nitrogens with two attached hydrogens (primary N) is 1. The Bertz CT molecular complexity index is 521. The highest BCUT2D eigenvalue weighted by Gasteiger charge is 2.18. The Morgan fingerprint density at radius 2 is 1.91 bits per heavy atom. The minimum Gasteiger partial charge on any atom is -0.443 e. The Balaban J connectivity index is 2.50. The van der Waals surface area contributed by atoms with Gasteiger partial charge in [-0.2, -0.15) is 0 Å². The molecule has 4 N–H and O–H groups in total. The second-order valence-electron chi connectivity index (χ2n) is 4.71. The van der Waals surface area contributed by atoms with Gasteiger partial charge in [0, 0.05) is 6.54 Å². The predicted octanol–water partition coefficient (Wildman–Crippen LogP) is 0.141. The summed E-state index contributed by atoms with van der Waals surface area (Å²) in [5.74, 6) is -0.981. The Hall–Kier alpha value is -2.61. The third-order valence-electron chi connectivity index (χ3n) is 2.79. The molecule has 0 heterocycles. The fourth-order valence-corrected chi connectivity index (χ4v) is 1.63. The summed E-state index contributed by atoms with van der Waals surface area (Å²) < 4.78 is 5.00. The molecule has 23 heavy (non-hydrogen) atoms. The SMILES string of the molecule is CCCNC(=O)CN(NC(=O)OCc1ccccc1)C(=O)CN. The first-order chi connectivity index (χ1) is 11.1. The molecule has 8 nitrogen and oxygen atoms in total. The molecule has 0 aliphatic heterocycles. The van der Waals surface area contributed by atoms with E-state index in [9.17, 15) is 14.4 Å². The first kappa shape index (κ1) is 18.4. The van der Waals surface area contributed by atoms with Crippen molar-refractivity contribution in [3.05, 3.63) is 35.9 Å². The smallest absolute Gasteiger partial charge is 0.426 e. The van der Waals surface area contributed by atoms with Gasteiger partial charge in [0.15, 0.2) is 0 Å². The summed E-state index contributed by atoms with van der Waals surface area (Å²) in [6, 6.07) is 9.08. The number of rotatable bonds is 7. The first-order valence-electron chi connectivity index (χ1n) is 7.31. The number of benzene rings is 1. The summed E-state index contributed by atoms with van der Waals surface area (Å²) >= 11 is 0. The Kier molecular flexibility index (Phi) is 8.16. The number of carbonyl (C=O) groups is 3. The highest BCUT2D eigenvalue weighted by Crippen LogP contribution is 2.00. The quantitative estimate of drug-likeness (QED) is 0.618. The van der Waals surface area contributed by atoms with Gasteiger partial charge in [-0.25, -0.2) is 15.2 Å². The van der Waals surface area contributed by atoms with Gasteiger partial charge in [-0.05, 0) is 12.0 Å². The minimum atomic E-state index is -0.834. The average molecular weight is 322 g/mol. The monoisotopic (exact) mass is 322 g/mol. The van der Waals surface area contributed by atoms with Crippen molar-refractivity contribution in [3.63, 3.8) is 0 Å². The van der Waals surface area contributed by atoms with E-state index in [0.717, 1.165) is 17.0 Å². The number of hydrazine groups is 1. The van der Waals surface area contributed by atoms with Crippen molar-refractivity contribution >= 4 is 17.9 Å². The van der Waals surface area contributed by atoms with Crippen molar-refractivity contribution in [2.75, 3.05) is 19.6 Å². The van der Waals surface area contributed by atoms with E-state index in [1.54, 1.807) is 12.1 Å². The van der Waals surface area contributed by atoms with Gasteiger partial charge < -0.3 is 15.8 Å². The molecule has 0 aromatic heterocycles. The fourth-order valence-electron chi connectivity index (χ4n) is 1.63. The van der Waals surface area contributed by atoms with Gasteiger partial charge in [-0.15, -0.1) is 0 Å². The summed E-state index contributed by atoms with van der Waals surface area (Å²) in [4.78, 5) is 35.1. The van der Waals surface area contributed by atoms with Gasteiger partial charge in [-0.1, -0.05) is 37.3 Å². The molecule has 0 saturated heterocycles. The van der Waals surface area contributed by atoms with Crippen molar-refractivity contribution in [2.24, 2.45) is 5.73 Å². The lowest BCUT2D eigenvalue weighted by atomic mass is 10.2. The van der Waals surface area contributed by atoms with Gasteiger partial charge >= 0.3 is 6.09 Å². The number of hydrogen-bond acceptors (Lipinski definition) is 5. The van der Waals surface area contributed by atoms with Crippen LogP contribution in [0.15, 0.2) is 30.3 Å². The maximum absolute atomic E-state index is 11.7. The topological polar surface area (TPSA) is 114 Å². The summed E-state index contributed by atoms with van der Waals surface area (Å²) in [6.45, 7) is 1.79. The van der Waals surface area contributed by atoms with Crippen LogP contribution in [0, 0.1) is 0 Å². The molecule has 126 valence electrons. The normalized spacial score (nSPS) is 9.83.